The van der Waals surface area contributed by atoms with E-state index in [-0.39, 0.29) is 0 Å². The standard InChI is InChI=1S/C21H31NO6/c1-14-18(23)17(27-15-10-6-5-7-11-15)13-9-8-12-16(19(24)26-14)22-20(25)28-21(2,3)4/h5-7,10-11,14,16-18,23H,8-9,12-13H2,1-4H3,(H,22,25)/t14-,16-,17-,18-/m0/s1. The highest BCUT2D eigenvalue weighted by atomic mass is 16.6. The highest BCUT2D eigenvalue weighted by Crippen LogP contribution is 2.22. The van der Waals surface area contributed by atoms with E-state index in [4.69, 9.17) is 14.2 Å². The number of alkyl carbamates (subject to hydrolysis) is 1. The number of esters is 1. The number of carbonyl (C=O) groups is 2. The maximum absolute atomic E-state index is 12.5. The molecule has 2 rings (SSSR count). The van der Waals surface area contributed by atoms with Crippen molar-refractivity contribution >= 4 is 12.1 Å². The molecular formula is C21H31NO6. The van der Waals surface area contributed by atoms with Crippen LogP contribution in [0.1, 0.15) is 53.4 Å². The van der Waals surface area contributed by atoms with Gasteiger partial charge in [0.2, 0.25) is 0 Å². The molecule has 0 saturated carbocycles. The zero-order valence-corrected chi connectivity index (χ0v) is 17.0. The lowest BCUT2D eigenvalue weighted by molar-refractivity contribution is -0.160. The van der Waals surface area contributed by atoms with Crippen LogP contribution in [0.25, 0.3) is 0 Å². The highest BCUT2D eigenvalue weighted by molar-refractivity contribution is 5.81. The fourth-order valence-corrected chi connectivity index (χ4v) is 3.00. The molecule has 4 atom stereocenters. The predicted molar refractivity (Wildman–Crippen MR) is 104 cm³/mol. The van der Waals surface area contributed by atoms with Crippen LogP contribution in [0.2, 0.25) is 0 Å². The van der Waals surface area contributed by atoms with Crippen LogP contribution in [0.3, 0.4) is 0 Å². The van der Waals surface area contributed by atoms with Gasteiger partial charge in [0.05, 0.1) is 0 Å². The van der Waals surface area contributed by atoms with Crippen LogP contribution in [-0.4, -0.2) is 47.1 Å². The highest BCUT2D eigenvalue weighted by Gasteiger charge is 2.33. The summed E-state index contributed by atoms with van der Waals surface area (Å²) in [6.07, 6.45) is -0.458. The van der Waals surface area contributed by atoms with Gasteiger partial charge in [0.15, 0.2) is 0 Å². The van der Waals surface area contributed by atoms with Gasteiger partial charge in [0.1, 0.15) is 35.7 Å². The van der Waals surface area contributed by atoms with E-state index in [1.807, 2.05) is 30.3 Å². The van der Waals surface area contributed by atoms with E-state index < -0.39 is 42.0 Å². The van der Waals surface area contributed by atoms with Crippen LogP contribution < -0.4 is 10.1 Å². The van der Waals surface area contributed by atoms with E-state index in [2.05, 4.69) is 5.32 Å². The van der Waals surface area contributed by atoms with Gasteiger partial charge in [-0.3, -0.25) is 0 Å². The van der Waals surface area contributed by atoms with Crippen LogP contribution in [0.4, 0.5) is 4.79 Å². The molecule has 156 valence electrons. The molecule has 1 fully saturated rings. The van der Waals surface area contributed by atoms with Gasteiger partial charge in [0, 0.05) is 0 Å². The molecule has 1 saturated heterocycles. The minimum absolute atomic E-state index is 0.430. The number of hydrogen-bond donors (Lipinski definition) is 2. The summed E-state index contributed by atoms with van der Waals surface area (Å²) in [5, 5.41) is 13.2. The molecule has 0 spiro atoms. The number of cyclic esters (lactones) is 1. The SMILES string of the molecule is C[C@@H]1OC(=O)[C@@H](NC(=O)OC(C)(C)C)CCCC[C@H](Oc2ccccc2)[C@H]1O. The normalized spacial score (nSPS) is 26.7. The van der Waals surface area contributed by atoms with Gasteiger partial charge >= 0.3 is 12.1 Å². The van der Waals surface area contributed by atoms with E-state index in [1.54, 1.807) is 27.7 Å². The molecule has 7 heteroatoms. The Kier molecular flexibility index (Phi) is 7.69. The zero-order chi connectivity index (χ0) is 20.7. The summed E-state index contributed by atoms with van der Waals surface area (Å²) >= 11 is 0. The number of rotatable bonds is 3. The number of ether oxygens (including phenoxy) is 3. The molecule has 1 amide bonds. The lowest BCUT2D eigenvalue weighted by atomic mass is 9.99. The summed E-state index contributed by atoms with van der Waals surface area (Å²) < 4.78 is 16.6. The second-order valence-corrected chi connectivity index (χ2v) is 8.09. The van der Waals surface area contributed by atoms with E-state index >= 15 is 0 Å². The maximum Gasteiger partial charge on any atom is 0.408 e. The van der Waals surface area contributed by atoms with Gasteiger partial charge in [-0.05, 0) is 59.1 Å². The molecule has 0 unspecified atom stereocenters. The Labute approximate surface area is 166 Å². The first-order chi connectivity index (χ1) is 13.2. The second-order valence-electron chi connectivity index (χ2n) is 8.09. The Balaban J connectivity index is 2.01. The summed E-state index contributed by atoms with van der Waals surface area (Å²) in [7, 11) is 0. The number of hydrogen-bond acceptors (Lipinski definition) is 6. The summed E-state index contributed by atoms with van der Waals surface area (Å²) in [5.74, 6) is 0.0735. The molecule has 1 aromatic rings. The first kappa shape index (κ1) is 22.0. The van der Waals surface area contributed by atoms with E-state index in [0.717, 1.165) is 6.42 Å². The molecule has 0 aliphatic carbocycles. The number of nitrogens with one attached hydrogen (secondary N) is 1. The average Bonchev–Trinajstić information content (AvgIpc) is 2.61. The predicted octanol–water partition coefficient (Wildman–Crippen LogP) is 3.19. The van der Waals surface area contributed by atoms with Crippen molar-refractivity contribution in [3.8, 4) is 5.75 Å². The monoisotopic (exact) mass is 393 g/mol. The number of benzene rings is 1. The third kappa shape index (κ3) is 7.03. The lowest BCUT2D eigenvalue weighted by Gasteiger charge is -2.31. The zero-order valence-electron chi connectivity index (χ0n) is 17.0. The van der Waals surface area contributed by atoms with Crippen molar-refractivity contribution in [2.75, 3.05) is 0 Å². The minimum Gasteiger partial charge on any atom is -0.488 e. The van der Waals surface area contributed by atoms with E-state index in [0.29, 0.717) is 25.0 Å². The average molecular weight is 393 g/mol. The van der Waals surface area contributed by atoms with Crippen molar-refractivity contribution in [3.05, 3.63) is 30.3 Å². The minimum atomic E-state index is -0.982. The van der Waals surface area contributed by atoms with E-state index in [1.165, 1.54) is 0 Å². The van der Waals surface area contributed by atoms with Crippen molar-refractivity contribution in [3.63, 3.8) is 0 Å². The molecular weight excluding hydrogens is 362 g/mol. The molecule has 1 aliphatic heterocycles. The van der Waals surface area contributed by atoms with Crippen LogP contribution in [-0.2, 0) is 14.3 Å². The second kappa shape index (κ2) is 9.78. The number of aliphatic hydroxyl groups is 1. The van der Waals surface area contributed by atoms with Crippen molar-refractivity contribution in [1.82, 2.24) is 5.32 Å². The lowest BCUT2D eigenvalue weighted by Crippen LogP contribution is -2.48. The number of carbonyl (C=O) groups excluding carboxylic acids is 2. The van der Waals surface area contributed by atoms with Gasteiger partial charge in [-0.15, -0.1) is 0 Å². The van der Waals surface area contributed by atoms with Crippen LogP contribution in [0.15, 0.2) is 30.3 Å². The quantitative estimate of drug-likeness (QED) is 0.766. The Hall–Kier alpha value is -2.28. The molecule has 2 N–H and O–H groups in total. The first-order valence-corrected chi connectivity index (χ1v) is 9.75. The molecule has 1 aliphatic rings. The van der Waals surface area contributed by atoms with Gasteiger partial charge in [-0.1, -0.05) is 24.6 Å². The molecule has 7 nitrogen and oxygen atoms in total. The maximum atomic E-state index is 12.5. The fourth-order valence-electron chi connectivity index (χ4n) is 3.00. The Morgan fingerprint density at radius 1 is 1.18 bits per heavy atom. The third-order valence-electron chi connectivity index (χ3n) is 4.40. The van der Waals surface area contributed by atoms with Crippen molar-refractivity contribution in [1.29, 1.82) is 0 Å². The van der Waals surface area contributed by atoms with Gasteiger partial charge in [-0.2, -0.15) is 0 Å². The molecule has 28 heavy (non-hydrogen) atoms. The Morgan fingerprint density at radius 3 is 2.46 bits per heavy atom. The van der Waals surface area contributed by atoms with Crippen molar-refractivity contribution in [2.24, 2.45) is 0 Å². The molecule has 0 radical (unpaired) electrons. The van der Waals surface area contributed by atoms with Crippen LogP contribution >= 0.6 is 0 Å². The van der Waals surface area contributed by atoms with Gasteiger partial charge < -0.3 is 24.6 Å². The fraction of sp³-hybridized carbons (Fsp3) is 0.619. The first-order valence-electron chi connectivity index (χ1n) is 9.75. The summed E-state index contributed by atoms with van der Waals surface area (Å²) in [6, 6.07) is 8.44. The Bertz CT molecular complexity index is 642. The number of amides is 1. The largest absolute Gasteiger partial charge is 0.488 e. The summed E-state index contributed by atoms with van der Waals surface area (Å²) in [6.45, 7) is 6.88. The molecule has 0 aromatic heterocycles. The number of para-hydroxylation sites is 1. The van der Waals surface area contributed by atoms with Gasteiger partial charge in [-0.25, -0.2) is 9.59 Å². The van der Waals surface area contributed by atoms with Crippen molar-refractivity contribution in [2.45, 2.75) is 83.3 Å². The summed E-state index contributed by atoms with van der Waals surface area (Å²) in [4.78, 5) is 24.5. The smallest absolute Gasteiger partial charge is 0.408 e. The molecule has 1 heterocycles. The topological polar surface area (TPSA) is 94.1 Å². The van der Waals surface area contributed by atoms with E-state index in [9.17, 15) is 14.7 Å². The van der Waals surface area contributed by atoms with Crippen molar-refractivity contribution < 1.29 is 28.9 Å². The molecule has 1 aromatic carbocycles. The molecule has 0 bridgehead atoms. The van der Waals surface area contributed by atoms with Gasteiger partial charge in [0.25, 0.3) is 0 Å². The number of aliphatic hydroxyl groups excluding tert-OH is 1. The van der Waals surface area contributed by atoms with Crippen LogP contribution in [0.5, 0.6) is 5.75 Å². The van der Waals surface area contributed by atoms with Crippen LogP contribution in [0, 0.1) is 0 Å². The third-order valence-corrected chi connectivity index (χ3v) is 4.40. The summed E-state index contributed by atoms with van der Waals surface area (Å²) in [5.41, 5.74) is -0.657. The Morgan fingerprint density at radius 2 is 1.82 bits per heavy atom.